The number of halogens is 1. The first-order valence-electron chi connectivity index (χ1n) is 9.22. The number of nitrogens with zero attached hydrogens (tertiary/aromatic N) is 3. The van der Waals surface area contributed by atoms with Crippen LogP contribution in [-0.4, -0.2) is 41.2 Å². The van der Waals surface area contributed by atoms with Crippen molar-refractivity contribution in [3.8, 4) is 16.5 Å². The topological polar surface area (TPSA) is 80.5 Å². The van der Waals surface area contributed by atoms with Crippen LogP contribution in [0.5, 0.6) is 5.75 Å². The van der Waals surface area contributed by atoms with Gasteiger partial charge in [-0.3, -0.25) is 9.69 Å². The van der Waals surface area contributed by atoms with Gasteiger partial charge in [0.1, 0.15) is 5.75 Å². The molecule has 0 radical (unpaired) electrons. The maximum Gasteiger partial charge on any atom is 0.257 e. The minimum Gasteiger partial charge on any atom is -0.495 e. The Hall–Kier alpha value is -2.42. The zero-order chi connectivity index (χ0) is 20.8. The number of benzene rings is 1. The standard InChI is InChI=1S/C20H23ClN4O3S/c1-4-7-25(12-19-23-24-20(28-19)17-6-5-8-29-17)11-18(26)22-15-9-13(2)14(21)10-16(15)27-3/h5-6,8-10H,4,7,11-12H2,1-3H3,(H,22,26). The van der Waals surface area contributed by atoms with Crippen LogP contribution in [0.1, 0.15) is 24.8 Å². The Bertz CT molecular complexity index is 959. The fraction of sp³-hybridized carbons (Fsp3) is 0.350. The van der Waals surface area contributed by atoms with Crippen molar-refractivity contribution in [2.24, 2.45) is 0 Å². The van der Waals surface area contributed by atoms with E-state index < -0.39 is 0 Å². The van der Waals surface area contributed by atoms with Crippen molar-refractivity contribution in [1.29, 1.82) is 0 Å². The zero-order valence-electron chi connectivity index (χ0n) is 16.6. The summed E-state index contributed by atoms with van der Waals surface area (Å²) in [5.74, 6) is 1.34. The van der Waals surface area contributed by atoms with Gasteiger partial charge in [-0.2, -0.15) is 0 Å². The van der Waals surface area contributed by atoms with E-state index in [1.807, 2.05) is 29.3 Å². The third-order valence-corrected chi connectivity index (χ3v) is 5.48. The monoisotopic (exact) mass is 434 g/mol. The molecule has 1 amide bonds. The Morgan fingerprint density at radius 1 is 1.38 bits per heavy atom. The van der Waals surface area contributed by atoms with Crippen LogP contribution in [0.3, 0.4) is 0 Å². The number of aromatic nitrogens is 2. The van der Waals surface area contributed by atoms with Crippen molar-refractivity contribution < 1.29 is 13.9 Å². The molecule has 3 rings (SSSR count). The molecule has 0 fully saturated rings. The van der Waals surface area contributed by atoms with Gasteiger partial charge in [-0.15, -0.1) is 21.5 Å². The molecule has 0 saturated carbocycles. The first kappa shape index (κ1) is 21.3. The summed E-state index contributed by atoms with van der Waals surface area (Å²) in [4.78, 5) is 15.5. The van der Waals surface area contributed by atoms with Gasteiger partial charge in [0.25, 0.3) is 5.89 Å². The minimum atomic E-state index is -0.156. The Morgan fingerprint density at radius 3 is 2.90 bits per heavy atom. The third kappa shape index (κ3) is 5.56. The van der Waals surface area contributed by atoms with Crippen LogP contribution in [0.25, 0.3) is 10.8 Å². The van der Waals surface area contributed by atoms with E-state index in [0.29, 0.717) is 34.8 Å². The minimum absolute atomic E-state index is 0.156. The fourth-order valence-electron chi connectivity index (χ4n) is 2.86. The molecule has 0 spiro atoms. The fourth-order valence-corrected chi connectivity index (χ4v) is 3.66. The van der Waals surface area contributed by atoms with Crippen LogP contribution in [0, 0.1) is 6.92 Å². The molecule has 154 valence electrons. The molecule has 2 heterocycles. The maximum atomic E-state index is 12.6. The average Bonchev–Trinajstić information content (AvgIpc) is 3.36. The van der Waals surface area contributed by atoms with Crippen LogP contribution in [0.4, 0.5) is 5.69 Å². The lowest BCUT2D eigenvalue weighted by atomic mass is 10.2. The number of carbonyl (C=O) groups excluding carboxylic acids is 1. The Kier molecular flexibility index (Phi) is 7.24. The predicted molar refractivity (Wildman–Crippen MR) is 115 cm³/mol. The summed E-state index contributed by atoms with van der Waals surface area (Å²) in [6, 6.07) is 7.36. The number of rotatable bonds is 9. The van der Waals surface area contributed by atoms with Gasteiger partial charge in [0.15, 0.2) is 0 Å². The molecule has 0 aliphatic carbocycles. The number of methoxy groups -OCH3 is 1. The second-order valence-corrected chi connectivity index (χ2v) is 7.89. The predicted octanol–water partition coefficient (Wildman–Crippen LogP) is 4.62. The van der Waals surface area contributed by atoms with E-state index in [9.17, 15) is 4.79 Å². The number of hydrogen-bond donors (Lipinski definition) is 1. The second-order valence-electron chi connectivity index (χ2n) is 6.54. The Morgan fingerprint density at radius 2 is 2.21 bits per heavy atom. The van der Waals surface area contributed by atoms with Gasteiger partial charge in [0.2, 0.25) is 11.8 Å². The van der Waals surface area contributed by atoms with E-state index in [0.717, 1.165) is 23.4 Å². The summed E-state index contributed by atoms with van der Waals surface area (Å²) >= 11 is 7.67. The van der Waals surface area contributed by atoms with Gasteiger partial charge in [-0.25, -0.2) is 0 Å². The summed E-state index contributed by atoms with van der Waals surface area (Å²) in [6.07, 6.45) is 0.891. The summed E-state index contributed by atoms with van der Waals surface area (Å²) in [7, 11) is 1.54. The summed E-state index contributed by atoms with van der Waals surface area (Å²) in [6.45, 7) is 5.25. The van der Waals surface area contributed by atoms with Crippen LogP contribution in [0.2, 0.25) is 5.02 Å². The van der Waals surface area contributed by atoms with Gasteiger partial charge in [0.05, 0.1) is 30.8 Å². The van der Waals surface area contributed by atoms with Gasteiger partial charge >= 0.3 is 0 Å². The molecule has 0 saturated heterocycles. The molecule has 1 aromatic carbocycles. The molecule has 0 aliphatic rings. The van der Waals surface area contributed by atoms with E-state index in [4.69, 9.17) is 20.8 Å². The molecule has 2 aromatic heterocycles. The van der Waals surface area contributed by atoms with Crippen LogP contribution in [-0.2, 0) is 11.3 Å². The number of ether oxygens (including phenoxy) is 1. The molecule has 1 N–H and O–H groups in total. The quantitative estimate of drug-likeness (QED) is 0.529. The zero-order valence-corrected chi connectivity index (χ0v) is 18.1. The molecule has 0 aliphatic heterocycles. The van der Waals surface area contributed by atoms with E-state index >= 15 is 0 Å². The second kappa shape index (κ2) is 9.87. The van der Waals surface area contributed by atoms with E-state index in [2.05, 4.69) is 22.4 Å². The SMILES string of the molecule is CCCN(CC(=O)Nc1cc(C)c(Cl)cc1OC)Cc1nnc(-c2cccs2)o1. The molecule has 0 unspecified atom stereocenters. The molecular weight excluding hydrogens is 412 g/mol. The van der Waals surface area contributed by atoms with Gasteiger partial charge in [-0.05, 0) is 43.0 Å². The van der Waals surface area contributed by atoms with Crippen molar-refractivity contribution in [2.45, 2.75) is 26.8 Å². The first-order valence-corrected chi connectivity index (χ1v) is 10.5. The van der Waals surface area contributed by atoms with Crippen molar-refractivity contribution in [2.75, 3.05) is 25.5 Å². The van der Waals surface area contributed by atoms with Crippen molar-refractivity contribution >= 4 is 34.5 Å². The van der Waals surface area contributed by atoms with Crippen LogP contribution in [0.15, 0.2) is 34.1 Å². The average molecular weight is 435 g/mol. The van der Waals surface area contributed by atoms with Gasteiger partial charge in [0, 0.05) is 11.1 Å². The molecule has 29 heavy (non-hydrogen) atoms. The van der Waals surface area contributed by atoms with E-state index in [1.165, 1.54) is 0 Å². The number of anilines is 1. The van der Waals surface area contributed by atoms with E-state index in [1.54, 1.807) is 30.6 Å². The first-order chi connectivity index (χ1) is 14.0. The van der Waals surface area contributed by atoms with Gasteiger partial charge in [-0.1, -0.05) is 24.6 Å². The molecule has 0 atom stereocenters. The van der Waals surface area contributed by atoms with E-state index in [-0.39, 0.29) is 12.5 Å². The Labute approximate surface area is 178 Å². The number of amides is 1. The lowest BCUT2D eigenvalue weighted by Crippen LogP contribution is -2.33. The maximum absolute atomic E-state index is 12.6. The van der Waals surface area contributed by atoms with Crippen molar-refractivity contribution in [3.63, 3.8) is 0 Å². The largest absolute Gasteiger partial charge is 0.495 e. The molecule has 3 aromatic rings. The van der Waals surface area contributed by atoms with Gasteiger partial charge < -0.3 is 14.5 Å². The summed E-state index contributed by atoms with van der Waals surface area (Å²) in [5, 5.41) is 13.7. The smallest absolute Gasteiger partial charge is 0.257 e. The number of thiophene rings is 1. The highest BCUT2D eigenvalue weighted by atomic mass is 35.5. The van der Waals surface area contributed by atoms with Crippen molar-refractivity contribution in [1.82, 2.24) is 15.1 Å². The lowest BCUT2D eigenvalue weighted by molar-refractivity contribution is -0.117. The molecule has 0 bridgehead atoms. The van der Waals surface area contributed by atoms with Crippen molar-refractivity contribution in [3.05, 3.63) is 46.1 Å². The van der Waals surface area contributed by atoms with Crippen LogP contribution >= 0.6 is 22.9 Å². The van der Waals surface area contributed by atoms with Crippen LogP contribution < -0.4 is 10.1 Å². The normalized spacial score (nSPS) is 11.1. The number of hydrogen-bond acceptors (Lipinski definition) is 7. The highest BCUT2D eigenvalue weighted by molar-refractivity contribution is 7.13. The number of aryl methyl sites for hydroxylation is 1. The Balaban J connectivity index is 1.66. The summed E-state index contributed by atoms with van der Waals surface area (Å²) < 4.78 is 11.1. The number of nitrogens with one attached hydrogen (secondary N) is 1. The third-order valence-electron chi connectivity index (χ3n) is 4.22. The number of carbonyl (C=O) groups is 1. The lowest BCUT2D eigenvalue weighted by Gasteiger charge is -2.20. The summed E-state index contributed by atoms with van der Waals surface area (Å²) in [5.41, 5.74) is 1.45. The molecule has 9 heteroatoms. The molecular formula is C20H23ClN4O3S. The highest BCUT2D eigenvalue weighted by Gasteiger charge is 2.17. The molecule has 7 nitrogen and oxygen atoms in total. The highest BCUT2D eigenvalue weighted by Crippen LogP contribution is 2.31.